The Kier molecular flexibility index (Phi) is 6.22. The van der Waals surface area contributed by atoms with E-state index in [1.54, 1.807) is 4.90 Å². The van der Waals surface area contributed by atoms with Gasteiger partial charge in [-0.1, -0.05) is 12.1 Å². The number of primary amides is 1. The lowest BCUT2D eigenvalue weighted by Crippen LogP contribution is -2.50. The molecule has 8 heteroatoms. The zero-order chi connectivity index (χ0) is 22.8. The maximum absolute atomic E-state index is 12.8. The molecule has 1 aliphatic rings. The molecule has 0 aliphatic carbocycles. The Balaban J connectivity index is 1.69. The largest absolute Gasteiger partial charge is 0.444 e. The number of amides is 2. The lowest BCUT2D eigenvalue weighted by atomic mass is 10.0. The molecule has 31 heavy (non-hydrogen) atoms. The summed E-state index contributed by atoms with van der Waals surface area (Å²) in [5.74, 6) is 0.315. The van der Waals surface area contributed by atoms with Gasteiger partial charge in [0.15, 0.2) is 0 Å². The van der Waals surface area contributed by atoms with Crippen molar-refractivity contribution < 1.29 is 23.8 Å². The van der Waals surface area contributed by atoms with E-state index < -0.39 is 17.2 Å². The van der Waals surface area contributed by atoms with Gasteiger partial charge in [0.05, 0.1) is 12.6 Å². The number of hydrogen-bond donors (Lipinski definition) is 1. The molecule has 0 radical (unpaired) electrons. The minimum atomic E-state index is -0.743. The normalized spacial score (nSPS) is 18.0. The van der Waals surface area contributed by atoms with Crippen LogP contribution in [0.15, 0.2) is 42.6 Å². The fourth-order valence-corrected chi connectivity index (χ4v) is 3.42. The number of benzene rings is 1. The fourth-order valence-electron chi connectivity index (χ4n) is 3.42. The molecule has 1 aromatic heterocycles. The van der Waals surface area contributed by atoms with Gasteiger partial charge in [-0.3, -0.25) is 9.69 Å². The molecule has 1 aliphatic heterocycles. The summed E-state index contributed by atoms with van der Waals surface area (Å²) in [6.45, 7) is 9.68. The van der Waals surface area contributed by atoms with Gasteiger partial charge < -0.3 is 19.9 Å². The van der Waals surface area contributed by atoms with Crippen LogP contribution >= 0.6 is 0 Å². The number of hydrogen-bond acceptors (Lipinski definition) is 6. The minimum Gasteiger partial charge on any atom is -0.444 e. The van der Waals surface area contributed by atoms with Gasteiger partial charge in [0.2, 0.25) is 11.8 Å². The van der Waals surface area contributed by atoms with Gasteiger partial charge in [0.1, 0.15) is 17.1 Å². The molecule has 1 aromatic carbocycles. The standard InChI is InChI=1S/C23H29N3O5/c1-22(2,3)31-21(28)26-17(14-29-23(26,4)5)12-15-6-8-18(9-7-15)30-19-13-16(20(24)27)10-11-25-19/h6-11,13,17H,12,14H2,1-5H3,(H2,24,27). The second kappa shape index (κ2) is 8.55. The van der Waals surface area contributed by atoms with Gasteiger partial charge in [-0.15, -0.1) is 0 Å². The van der Waals surface area contributed by atoms with E-state index in [1.165, 1.54) is 18.3 Å². The number of ether oxygens (including phenoxy) is 3. The van der Waals surface area contributed by atoms with Crippen molar-refractivity contribution in [2.45, 2.75) is 58.4 Å². The number of nitrogens with zero attached hydrogens (tertiary/aromatic N) is 2. The van der Waals surface area contributed by atoms with Crippen LogP contribution in [-0.2, 0) is 15.9 Å². The molecule has 1 atom stereocenters. The lowest BCUT2D eigenvalue weighted by Gasteiger charge is -2.35. The third kappa shape index (κ3) is 5.73. The molecule has 8 nitrogen and oxygen atoms in total. The topological polar surface area (TPSA) is 104 Å². The smallest absolute Gasteiger partial charge is 0.412 e. The Labute approximate surface area is 182 Å². The van der Waals surface area contributed by atoms with Crippen LogP contribution < -0.4 is 10.5 Å². The van der Waals surface area contributed by atoms with Crippen LogP contribution in [0.2, 0.25) is 0 Å². The van der Waals surface area contributed by atoms with Gasteiger partial charge in [-0.25, -0.2) is 9.78 Å². The van der Waals surface area contributed by atoms with Crippen molar-refractivity contribution in [3.05, 3.63) is 53.7 Å². The lowest BCUT2D eigenvalue weighted by molar-refractivity contribution is -0.0624. The first-order chi connectivity index (χ1) is 14.4. The van der Waals surface area contributed by atoms with Crippen LogP contribution in [-0.4, -0.2) is 45.9 Å². The summed E-state index contributed by atoms with van der Waals surface area (Å²) in [4.78, 5) is 29.8. The van der Waals surface area contributed by atoms with Crippen molar-refractivity contribution in [1.29, 1.82) is 0 Å². The highest BCUT2D eigenvalue weighted by molar-refractivity contribution is 5.92. The molecule has 1 unspecified atom stereocenters. The molecule has 0 saturated carbocycles. The summed E-state index contributed by atoms with van der Waals surface area (Å²) >= 11 is 0. The number of carbonyl (C=O) groups excluding carboxylic acids is 2. The number of nitrogens with two attached hydrogens (primary N) is 1. The van der Waals surface area contributed by atoms with E-state index in [0.29, 0.717) is 24.3 Å². The minimum absolute atomic E-state index is 0.148. The molecule has 2 heterocycles. The number of aromatic nitrogens is 1. The van der Waals surface area contributed by atoms with Crippen molar-refractivity contribution in [2.24, 2.45) is 5.73 Å². The molecule has 2 aromatic rings. The maximum atomic E-state index is 12.8. The van der Waals surface area contributed by atoms with Gasteiger partial charge in [-0.2, -0.15) is 0 Å². The summed E-state index contributed by atoms with van der Waals surface area (Å²) in [5, 5.41) is 0. The van der Waals surface area contributed by atoms with Crippen LogP contribution in [0.5, 0.6) is 11.6 Å². The fraction of sp³-hybridized carbons (Fsp3) is 0.435. The summed E-state index contributed by atoms with van der Waals surface area (Å²) in [7, 11) is 0. The molecule has 1 fully saturated rings. The highest BCUT2D eigenvalue weighted by atomic mass is 16.6. The van der Waals surface area contributed by atoms with E-state index in [-0.39, 0.29) is 18.0 Å². The van der Waals surface area contributed by atoms with Crippen LogP contribution in [0.3, 0.4) is 0 Å². The van der Waals surface area contributed by atoms with E-state index in [1.807, 2.05) is 58.9 Å². The molecule has 1 saturated heterocycles. The SMILES string of the molecule is CC(C)(C)OC(=O)N1C(Cc2ccc(Oc3cc(C(N)=O)ccn3)cc2)COC1(C)C. The van der Waals surface area contributed by atoms with Crippen molar-refractivity contribution in [2.75, 3.05) is 6.61 Å². The van der Waals surface area contributed by atoms with Crippen LogP contribution in [0, 0.1) is 0 Å². The quantitative estimate of drug-likeness (QED) is 0.776. The molecule has 0 spiro atoms. The summed E-state index contributed by atoms with van der Waals surface area (Å²) in [6.07, 6.45) is 1.69. The Hall–Kier alpha value is -3.13. The summed E-state index contributed by atoms with van der Waals surface area (Å²) in [5.41, 5.74) is 5.31. The second-order valence-corrected chi connectivity index (χ2v) is 8.96. The second-order valence-electron chi connectivity index (χ2n) is 8.96. The van der Waals surface area contributed by atoms with E-state index >= 15 is 0 Å². The summed E-state index contributed by atoms with van der Waals surface area (Å²) in [6, 6.07) is 10.3. The maximum Gasteiger partial charge on any atom is 0.412 e. The predicted molar refractivity (Wildman–Crippen MR) is 115 cm³/mol. The van der Waals surface area contributed by atoms with Crippen LogP contribution in [0.1, 0.15) is 50.5 Å². The van der Waals surface area contributed by atoms with Gasteiger partial charge in [0, 0.05) is 17.8 Å². The van der Waals surface area contributed by atoms with E-state index in [4.69, 9.17) is 19.9 Å². The third-order valence-electron chi connectivity index (χ3n) is 4.80. The van der Waals surface area contributed by atoms with Gasteiger partial charge in [-0.05, 0) is 64.8 Å². The Bertz CT molecular complexity index is 950. The molecular formula is C23H29N3O5. The number of rotatable bonds is 5. The molecule has 3 rings (SSSR count). The first-order valence-corrected chi connectivity index (χ1v) is 10.1. The highest BCUT2D eigenvalue weighted by Gasteiger charge is 2.45. The zero-order valence-corrected chi connectivity index (χ0v) is 18.5. The number of carbonyl (C=O) groups is 2. The van der Waals surface area contributed by atoms with Gasteiger partial charge >= 0.3 is 6.09 Å². The van der Waals surface area contributed by atoms with E-state index in [9.17, 15) is 9.59 Å². The van der Waals surface area contributed by atoms with E-state index in [0.717, 1.165) is 5.56 Å². The molecule has 166 valence electrons. The van der Waals surface area contributed by atoms with Crippen molar-refractivity contribution in [1.82, 2.24) is 9.88 Å². The first kappa shape index (κ1) is 22.6. The molecule has 0 bridgehead atoms. The number of pyridine rings is 1. The Morgan fingerprint density at radius 3 is 2.52 bits per heavy atom. The Morgan fingerprint density at radius 2 is 1.90 bits per heavy atom. The van der Waals surface area contributed by atoms with Crippen molar-refractivity contribution in [3.8, 4) is 11.6 Å². The Morgan fingerprint density at radius 1 is 1.23 bits per heavy atom. The molecule has 2 amide bonds. The van der Waals surface area contributed by atoms with Gasteiger partial charge in [0.25, 0.3) is 0 Å². The summed E-state index contributed by atoms with van der Waals surface area (Å²) < 4.78 is 17.2. The zero-order valence-electron chi connectivity index (χ0n) is 18.5. The van der Waals surface area contributed by atoms with Crippen LogP contribution in [0.25, 0.3) is 0 Å². The highest BCUT2D eigenvalue weighted by Crippen LogP contribution is 2.31. The molecule has 2 N–H and O–H groups in total. The monoisotopic (exact) mass is 427 g/mol. The average Bonchev–Trinajstić information content (AvgIpc) is 2.96. The first-order valence-electron chi connectivity index (χ1n) is 10.1. The van der Waals surface area contributed by atoms with Crippen LogP contribution in [0.4, 0.5) is 4.79 Å². The van der Waals surface area contributed by atoms with Crippen molar-refractivity contribution >= 4 is 12.0 Å². The average molecular weight is 428 g/mol. The third-order valence-corrected chi connectivity index (χ3v) is 4.80. The molecular weight excluding hydrogens is 398 g/mol. The van der Waals surface area contributed by atoms with Crippen molar-refractivity contribution in [3.63, 3.8) is 0 Å². The predicted octanol–water partition coefficient (Wildman–Crippen LogP) is 3.89. The van der Waals surface area contributed by atoms with E-state index in [2.05, 4.69) is 4.98 Å².